The zero-order chi connectivity index (χ0) is 13.9. The average molecular weight is 261 g/mol. The molecule has 0 aliphatic rings. The van der Waals surface area contributed by atoms with E-state index in [2.05, 4.69) is 91.8 Å². The summed E-state index contributed by atoms with van der Waals surface area (Å²) in [5.74, 6) is 0. The fourth-order valence-electron chi connectivity index (χ4n) is 2.88. The quantitative estimate of drug-likeness (QED) is 0.671. The molecule has 1 nitrogen and oxygen atoms in total. The van der Waals surface area contributed by atoms with Crippen LogP contribution in [0, 0.1) is 0 Å². The van der Waals surface area contributed by atoms with Gasteiger partial charge in [0, 0.05) is 0 Å². The average Bonchev–Trinajstić information content (AvgIpc) is 2.48. The number of fused-ring (bicyclic) bond motifs is 1. The minimum atomic E-state index is 0.280. The maximum atomic E-state index is 2.27. The van der Waals surface area contributed by atoms with Crippen LogP contribution in [-0.4, -0.2) is 19.0 Å². The lowest BCUT2D eigenvalue weighted by molar-refractivity contribution is 0.344. The van der Waals surface area contributed by atoms with Gasteiger partial charge in [0.2, 0.25) is 0 Å². The molecule has 3 rings (SSSR count). The van der Waals surface area contributed by atoms with E-state index < -0.39 is 0 Å². The number of hydrogen-bond acceptors (Lipinski definition) is 1. The Balaban J connectivity index is 2.21. The van der Waals surface area contributed by atoms with Crippen LogP contribution in [0.4, 0.5) is 0 Å². The predicted molar refractivity (Wildman–Crippen MR) is 85.9 cm³/mol. The Labute approximate surface area is 120 Å². The second kappa shape index (κ2) is 5.48. The standard InChI is InChI=1S/C19H19N/c1-20(2)19(16-10-4-3-5-11-16)18-14-8-12-15-9-6-7-13-17(15)18/h3-14,19H,1-2H3. The second-order valence-corrected chi connectivity index (χ2v) is 5.35. The maximum absolute atomic E-state index is 2.27. The molecule has 0 aliphatic heterocycles. The number of rotatable bonds is 3. The molecule has 0 saturated carbocycles. The third-order valence-corrected chi connectivity index (χ3v) is 3.75. The molecule has 0 saturated heterocycles. The van der Waals surface area contributed by atoms with Crippen LogP contribution in [0.2, 0.25) is 0 Å². The van der Waals surface area contributed by atoms with Crippen molar-refractivity contribution in [2.75, 3.05) is 14.1 Å². The van der Waals surface area contributed by atoms with E-state index in [0.717, 1.165) is 0 Å². The normalized spacial score (nSPS) is 12.8. The van der Waals surface area contributed by atoms with Gasteiger partial charge >= 0.3 is 0 Å². The molecule has 3 aromatic rings. The molecular formula is C19H19N. The lowest BCUT2D eigenvalue weighted by atomic mass is 9.93. The van der Waals surface area contributed by atoms with Gasteiger partial charge in [-0.15, -0.1) is 0 Å². The topological polar surface area (TPSA) is 3.24 Å². The fourth-order valence-corrected chi connectivity index (χ4v) is 2.88. The molecule has 100 valence electrons. The van der Waals surface area contributed by atoms with Crippen LogP contribution in [0.3, 0.4) is 0 Å². The van der Waals surface area contributed by atoms with Crippen LogP contribution < -0.4 is 0 Å². The highest BCUT2D eigenvalue weighted by Gasteiger charge is 2.18. The molecule has 20 heavy (non-hydrogen) atoms. The number of nitrogens with zero attached hydrogens (tertiary/aromatic N) is 1. The largest absolute Gasteiger partial charge is 0.299 e. The lowest BCUT2D eigenvalue weighted by Crippen LogP contribution is -2.21. The Hall–Kier alpha value is -2.12. The van der Waals surface area contributed by atoms with Gasteiger partial charge in [0.05, 0.1) is 6.04 Å². The van der Waals surface area contributed by atoms with E-state index in [-0.39, 0.29) is 6.04 Å². The van der Waals surface area contributed by atoms with Crippen molar-refractivity contribution < 1.29 is 0 Å². The van der Waals surface area contributed by atoms with Crippen molar-refractivity contribution >= 4 is 10.8 Å². The third-order valence-electron chi connectivity index (χ3n) is 3.75. The van der Waals surface area contributed by atoms with Gasteiger partial charge in [0.1, 0.15) is 0 Å². The summed E-state index contributed by atoms with van der Waals surface area (Å²) in [6.07, 6.45) is 0. The monoisotopic (exact) mass is 261 g/mol. The van der Waals surface area contributed by atoms with Crippen molar-refractivity contribution in [3.05, 3.63) is 83.9 Å². The molecule has 0 radical (unpaired) electrons. The van der Waals surface area contributed by atoms with Gasteiger partial charge in [-0.1, -0.05) is 72.8 Å². The first-order valence-corrected chi connectivity index (χ1v) is 6.96. The van der Waals surface area contributed by atoms with Crippen LogP contribution in [0.1, 0.15) is 17.2 Å². The van der Waals surface area contributed by atoms with Gasteiger partial charge in [-0.25, -0.2) is 0 Å². The second-order valence-electron chi connectivity index (χ2n) is 5.35. The Bertz CT molecular complexity index is 696. The van der Waals surface area contributed by atoms with Gasteiger partial charge in [-0.3, -0.25) is 4.90 Å². The third kappa shape index (κ3) is 2.33. The smallest absolute Gasteiger partial charge is 0.0602 e. The molecular weight excluding hydrogens is 242 g/mol. The van der Waals surface area contributed by atoms with E-state index in [4.69, 9.17) is 0 Å². The highest BCUT2D eigenvalue weighted by molar-refractivity contribution is 5.86. The summed E-state index contributed by atoms with van der Waals surface area (Å²) >= 11 is 0. The highest BCUT2D eigenvalue weighted by Crippen LogP contribution is 2.31. The van der Waals surface area contributed by atoms with Crippen LogP contribution >= 0.6 is 0 Å². The van der Waals surface area contributed by atoms with Crippen LogP contribution in [-0.2, 0) is 0 Å². The van der Waals surface area contributed by atoms with Crippen LogP contribution in [0.5, 0.6) is 0 Å². The molecule has 0 N–H and O–H groups in total. The summed E-state index contributed by atoms with van der Waals surface area (Å²) < 4.78 is 0. The van der Waals surface area contributed by atoms with Crippen molar-refractivity contribution in [3.63, 3.8) is 0 Å². The van der Waals surface area contributed by atoms with Gasteiger partial charge in [0.25, 0.3) is 0 Å². The van der Waals surface area contributed by atoms with Crippen molar-refractivity contribution in [1.82, 2.24) is 4.90 Å². The molecule has 0 aromatic heterocycles. The summed E-state index contributed by atoms with van der Waals surface area (Å²) in [6.45, 7) is 0. The van der Waals surface area contributed by atoms with Crippen molar-refractivity contribution in [2.45, 2.75) is 6.04 Å². The van der Waals surface area contributed by atoms with Crippen molar-refractivity contribution in [3.8, 4) is 0 Å². The Morgan fingerprint density at radius 3 is 2.10 bits per heavy atom. The number of benzene rings is 3. The first kappa shape index (κ1) is 12.9. The highest BCUT2D eigenvalue weighted by atomic mass is 15.1. The molecule has 0 heterocycles. The molecule has 1 unspecified atom stereocenters. The first-order chi connectivity index (χ1) is 9.77. The minimum absolute atomic E-state index is 0.280. The summed E-state index contributed by atoms with van der Waals surface area (Å²) in [5, 5.41) is 2.63. The van der Waals surface area contributed by atoms with E-state index in [1.807, 2.05) is 0 Å². The van der Waals surface area contributed by atoms with Crippen molar-refractivity contribution in [1.29, 1.82) is 0 Å². The molecule has 1 heteroatoms. The van der Waals surface area contributed by atoms with E-state index in [1.54, 1.807) is 0 Å². The van der Waals surface area contributed by atoms with Gasteiger partial charge in [-0.05, 0) is 36.0 Å². The first-order valence-electron chi connectivity index (χ1n) is 6.96. The molecule has 0 amide bonds. The van der Waals surface area contributed by atoms with E-state index in [1.165, 1.54) is 21.9 Å². The molecule has 0 spiro atoms. The SMILES string of the molecule is CN(C)C(c1ccccc1)c1cccc2ccccc12. The summed E-state index contributed by atoms with van der Waals surface area (Å²) in [4.78, 5) is 2.27. The zero-order valence-corrected chi connectivity index (χ0v) is 12.0. The predicted octanol–water partition coefficient (Wildman–Crippen LogP) is 4.49. The minimum Gasteiger partial charge on any atom is -0.299 e. The summed E-state index contributed by atoms with van der Waals surface area (Å²) in [6, 6.07) is 26.1. The summed E-state index contributed by atoms with van der Waals surface area (Å²) in [5.41, 5.74) is 2.69. The Morgan fingerprint density at radius 2 is 1.35 bits per heavy atom. The molecule has 0 aliphatic carbocycles. The lowest BCUT2D eigenvalue weighted by Gasteiger charge is -2.26. The summed E-state index contributed by atoms with van der Waals surface area (Å²) in [7, 11) is 4.28. The van der Waals surface area contributed by atoms with E-state index in [0.29, 0.717) is 0 Å². The fraction of sp³-hybridized carbons (Fsp3) is 0.158. The Kier molecular flexibility index (Phi) is 3.53. The van der Waals surface area contributed by atoms with Crippen LogP contribution in [0.25, 0.3) is 10.8 Å². The molecule has 1 atom stereocenters. The van der Waals surface area contributed by atoms with Gasteiger partial charge in [0.15, 0.2) is 0 Å². The number of hydrogen-bond donors (Lipinski definition) is 0. The molecule has 0 fully saturated rings. The molecule has 0 bridgehead atoms. The van der Waals surface area contributed by atoms with Crippen molar-refractivity contribution in [2.24, 2.45) is 0 Å². The molecule has 3 aromatic carbocycles. The maximum Gasteiger partial charge on any atom is 0.0602 e. The van der Waals surface area contributed by atoms with E-state index in [9.17, 15) is 0 Å². The zero-order valence-electron chi connectivity index (χ0n) is 12.0. The Morgan fingerprint density at radius 1 is 0.700 bits per heavy atom. The van der Waals surface area contributed by atoms with Gasteiger partial charge < -0.3 is 0 Å². The van der Waals surface area contributed by atoms with Gasteiger partial charge in [-0.2, -0.15) is 0 Å². The van der Waals surface area contributed by atoms with Crippen LogP contribution in [0.15, 0.2) is 72.8 Å². The van der Waals surface area contributed by atoms with E-state index >= 15 is 0 Å².